The number of H-pyrrole nitrogens is 1. The van der Waals surface area contributed by atoms with Gasteiger partial charge in [-0.2, -0.15) is 0 Å². The van der Waals surface area contributed by atoms with Crippen molar-refractivity contribution in [3.8, 4) is 5.75 Å². The smallest absolute Gasteiger partial charge is 0.270 e. The molecule has 0 saturated heterocycles. The Morgan fingerprint density at radius 2 is 2.20 bits per heavy atom. The minimum atomic E-state index is 0.00143. The van der Waals surface area contributed by atoms with E-state index < -0.39 is 0 Å². The third kappa shape index (κ3) is 2.88. The van der Waals surface area contributed by atoms with Gasteiger partial charge in [-0.05, 0) is 52.5 Å². The van der Waals surface area contributed by atoms with Crippen molar-refractivity contribution in [1.82, 2.24) is 9.88 Å². The van der Waals surface area contributed by atoms with Crippen molar-refractivity contribution < 1.29 is 9.90 Å². The van der Waals surface area contributed by atoms with Gasteiger partial charge in [-0.15, -0.1) is 0 Å². The summed E-state index contributed by atoms with van der Waals surface area (Å²) in [6.45, 7) is 0.522. The highest BCUT2D eigenvalue weighted by atomic mass is 79.9. The summed E-state index contributed by atoms with van der Waals surface area (Å²) in [5, 5.41) is 9.52. The fraction of sp³-hybridized carbons (Fsp3) is 0.267. The molecule has 20 heavy (non-hydrogen) atoms. The average Bonchev–Trinajstić information content (AvgIpc) is 3.17. The lowest BCUT2D eigenvalue weighted by atomic mass is 10.2. The van der Waals surface area contributed by atoms with Gasteiger partial charge in [-0.25, -0.2) is 0 Å². The number of aromatic nitrogens is 1. The number of nitrogens with zero attached hydrogens (tertiary/aromatic N) is 1. The summed E-state index contributed by atoms with van der Waals surface area (Å²) in [4.78, 5) is 17.4. The summed E-state index contributed by atoms with van der Waals surface area (Å²) >= 11 is 3.34. The molecule has 104 valence electrons. The lowest BCUT2D eigenvalue weighted by molar-refractivity contribution is 0.0724. The van der Waals surface area contributed by atoms with Crippen molar-refractivity contribution in [3.05, 3.63) is 52.3 Å². The van der Waals surface area contributed by atoms with Gasteiger partial charge < -0.3 is 15.0 Å². The standard InChI is InChI=1S/C15H15BrN2O2/c16-11-7-14(17-8-11)15(20)18(12-4-5-12)9-10-2-1-3-13(19)6-10/h1-3,6-8,12,17,19H,4-5,9H2. The van der Waals surface area contributed by atoms with Gasteiger partial charge in [0, 0.05) is 23.3 Å². The first kappa shape index (κ1) is 13.2. The van der Waals surface area contributed by atoms with Crippen LogP contribution in [0.4, 0.5) is 0 Å². The third-order valence-corrected chi connectivity index (χ3v) is 3.85. The fourth-order valence-corrected chi connectivity index (χ4v) is 2.59. The van der Waals surface area contributed by atoms with E-state index in [0.29, 0.717) is 18.3 Å². The van der Waals surface area contributed by atoms with Crippen LogP contribution in [0.15, 0.2) is 41.0 Å². The first-order valence-electron chi connectivity index (χ1n) is 6.56. The predicted octanol–water partition coefficient (Wildman–Crippen LogP) is 3.29. The highest BCUT2D eigenvalue weighted by Gasteiger charge is 2.33. The van der Waals surface area contributed by atoms with Crippen molar-refractivity contribution in [2.45, 2.75) is 25.4 Å². The van der Waals surface area contributed by atoms with Crippen LogP contribution >= 0.6 is 15.9 Å². The minimum absolute atomic E-state index is 0.00143. The molecule has 1 aromatic carbocycles. The number of benzene rings is 1. The van der Waals surface area contributed by atoms with Crippen LogP contribution in [-0.4, -0.2) is 26.9 Å². The fourth-order valence-electron chi connectivity index (χ4n) is 2.25. The minimum Gasteiger partial charge on any atom is -0.508 e. The summed E-state index contributed by atoms with van der Waals surface area (Å²) < 4.78 is 0.869. The number of aromatic hydroxyl groups is 1. The molecule has 0 aliphatic heterocycles. The molecule has 1 amide bonds. The van der Waals surface area contributed by atoms with Crippen molar-refractivity contribution >= 4 is 21.8 Å². The monoisotopic (exact) mass is 334 g/mol. The topological polar surface area (TPSA) is 56.3 Å². The second-order valence-corrected chi connectivity index (χ2v) is 5.98. The number of hydrogen-bond acceptors (Lipinski definition) is 2. The van der Waals surface area contributed by atoms with Crippen LogP contribution in [0.1, 0.15) is 28.9 Å². The normalized spacial score (nSPS) is 14.2. The second-order valence-electron chi connectivity index (χ2n) is 5.07. The predicted molar refractivity (Wildman–Crippen MR) is 79.5 cm³/mol. The molecule has 4 nitrogen and oxygen atoms in total. The maximum absolute atomic E-state index is 12.5. The molecule has 1 aliphatic carbocycles. The van der Waals surface area contributed by atoms with E-state index in [1.165, 1.54) is 0 Å². The van der Waals surface area contributed by atoms with E-state index in [9.17, 15) is 9.90 Å². The largest absolute Gasteiger partial charge is 0.508 e. The Balaban J connectivity index is 1.81. The number of aromatic amines is 1. The number of phenolic OH excluding ortho intramolecular Hbond substituents is 1. The van der Waals surface area contributed by atoms with Crippen molar-refractivity contribution in [1.29, 1.82) is 0 Å². The quantitative estimate of drug-likeness (QED) is 0.901. The van der Waals surface area contributed by atoms with Crippen molar-refractivity contribution in [2.24, 2.45) is 0 Å². The van der Waals surface area contributed by atoms with Gasteiger partial charge in [0.1, 0.15) is 11.4 Å². The van der Waals surface area contributed by atoms with Crippen LogP contribution in [0.3, 0.4) is 0 Å². The van der Waals surface area contributed by atoms with Gasteiger partial charge in [-0.3, -0.25) is 4.79 Å². The van der Waals surface area contributed by atoms with E-state index in [1.54, 1.807) is 30.5 Å². The molecule has 0 radical (unpaired) electrons. The van der Waals surface area contributed by atoms with Crippen LogP contribution in [0, 0.1) is 0 Å². The average molecular weight is 335 g/mol. The van der Waals surface area contributed by atoms with Crippen LogP contribution < -0.4 is 0 Å². The van der Waals surface area contributed by atoms with E-state index >= 15 is 0 Å². The second kappa shape index (κ2) is 5.32. The number of nitrogens with one attached hydrogen (secondary N) is 1. The molecule has 5 heteroatoms. The number of rotatable bonds is 4. The Hall–Kier alpha value is -1.75. The van der Waals surface area contributed by atoms with Gasteiger partial charge >= 0.3 is 0 Å². The molecule has 2 aromatic rings. The lowest BCUT2D eigenvalue weighted by Crippen LogP contribution is -2.32. The van der Waals surface area contributed by atoms with Crippen molar-refractivity contribution in [2.75, 3.05) is 0 Å². The SMILES string of the molecule is O=C(c1cc(Br)c[nH]1)N(Cc1cccc(O)c1)C1CC1. The van der Waals surface area contributed by atoms with Gasteiger partial charge in [-0.1, -0.05) is 12.1 Å². The maximum Gasteiger partial charge on any atom is 0.270 e. The van der Waals surface area contributed by atoms with Crippen LogP contribution in [-0.2, 0) is 6.54 Å². The van der Waals surface area contributed by atoms with E-state index in [4.69, 9.17) is 0 Å². The van der Waals surface area contributed by atoms with Gasteiger partial charge in [0.2, 0.25) is 0 Å². The zero-order valence-corrected chi connectivity index (χ0v) is 12.4. The Kier molecular flexibility index (Phi) is 3.53. The summed E-state index contributed by atoms with van der Waals surface area (Å²) in [6, 6.07) is 9.16. The van der Waals surface area contributed by atoms with Crippen LogP contribution in [0.25, 0.3) is 0 Å². The molecule has 0 unspecified atom stereocenters. The van der Waals surface area contributed by atoms with E-state index in [-0.39, 0.29) is 11.7 Å². The summed E-state index contributed by atoms with van der Waals surface area (Å²) in [7, 11) is 0. The Labute approximate surface area is 125 Å². The molecule has 0 bridgehead atoms. The zero-order chi connectivity index (χ0) is 14.1. The third-order valence-electron chi connectivity index (χ3n) is 3.39. The summed E-state index contributed by atoms with van der Waals surface area (Å²) in [6.07, 6.45) is 3.85. The number of halogens is 1. The van der Waals surface area contributed by atoms with E-state index in [2.05, 4.69) is 20.9 Å². The van der Waals surface area contributed by atoms with Crippen LogP contribution in [0.2, 0.25) is 0 Å². The molecule has 1 aromatic heterocycles. The van der Waals surface area contributed by atoms with Crippen molar-refractivity contribution in [3.63, 3.8) is 0 Å². The molecule has 1 saturated carbocycles. The summed E-state index contributed by atoms with van der Waals surface area (Å²) in [5.74, 6) is 0.231. The maximum atomic E-state index is 12.5. The molecule has 1 aliphatic rings. The van der Waals surface area contributed by atoms with Gasteiger partial charge in [0.25, 0.3) is 5.91 Å². The molecule has 1 heterocycles. The number of carbonyl (C=O) groups excluding carboxylic acids is 1. The first-order chi connectivity index (χ1) is 9.63. The number of hydrogen-bond donors (Lipinski definition) is 2. The Morgan fingerprint density at radius 3 is 2.80 bits per heavy atom. The molecular weight excluding hydrogens is 320 g/mol. The molecule has 0 atom stereocenters. The lowest BCUT2D eigenvalue weighted by Gasteiger charge is -2.22. The van der Waals surface area contributed by atoms with Gasteiger partial charge in [0.05, 0.1) is 0 Å². The molecule has 1 fully saturated rings. The Bertz CT molecular complexity index is 634. The van der Waals surface area contributed by atoms with Crippen LogP contribution in [0.5, 0.6) is 5.75 Å². The zero-order valence-electron chi connectivity index (χ0n) is 10.8. The molecule has 3 rings (SSSR count). The highest BCUT2D eigenvalue weighted by Crippen LogP contribution is 2.30. The molecule has 2 N–H and O–H groups in total. The highest BCUT2D eigenvalue weighted by molar-refractivity contribution is 9.10. The first-order valence-corrected chi connectivity index (χ1v) is 7.35. The van der Waals surface area contributed by atoms with E-state index in [1.807, 2.05) is 11.0 Å². The number of carbonyl (C=O) groups is 1. The summed E-state index contributed by atoms with van der Waals surface area (Å²) in [5.41, 5.74) is 1.53. The van der Waals surface area contributed by atoms with Gasteiger partial charge in [0.15, 0.2) is 0 Å². The Morgan fingerprint density at radius 1 is 1.40 bits per heavy atom. The molecular formula is C15H15BrN2O2. The number of amides is 1. The van der Waals surface area contributed by atoms with E-state index in [0.717, 1.165) is 22.9 Å². The number of phenols is 1. The molecule has 0 spiro atoms.